The fourth-order valence-electron chi connectivity index (χ4n) is 2.00. The van der Waals surface area contributed by atoms with E-state index in [0.29, 0.717) is 11.8 Å². The third kappa shape index (κ3) is 5.30. The lowest BCUT2D eigenvalue weighted by Crippen LogP contribution is -2.32. The summed E-state index contributed by atoms with van der Waals surface area (Å²) in [6.07, 6.45) is 5.62. The van der Waals surface area contributed by atoms with E-state index in [1.165, 1.54) is 12.8 Å². The Morgan fingerprint density at radius 2 is 2.00 bits per heavy atom. The van der Waals surface area contributed by atoms with E-state index in [9.17, 15) is 8.42 Å². The van der Waals surface area contributed by atoms with Gasteiger partial charge in [0.1, 0.15) is 9.84 Å². The standard InChI is InChI=1S/C12H25NO2S/c1-3-9-13-12(11-7-8-11)6-5-10-16(14,15)4-2/h11-13H,3-10H2,1-2H3. The van der Waals surface area contributed by atoms with Crippen LogP contribution in [-0.2, 0) is 9.84 Å². The summed E-state index contributed by atoms with van der Waals surface area (Å²) in [7, 11) is -2.77. The smallest absolute Gasteiger partial charge is 0.150 e. The van der Waals surface area contributed by atoms with Crippen LogP contribution in [0.15, 0.2) is 0 Å². The number of hydrogen-bond donors (Lipinski definition) is 1. The summed E-state index contributed by atoms with van der Waals surface area (Å²) < 4.78 is 22.7. The van der Waals surface area contributed by atoms with Gasteiger partial charge >= 0.3 is 0 Å². The van der Waals surface area contributed by atoms with Crippen LogP contribution < -0.4 is 5.32 Å². The highest BCUT2D eigenvalue weighted by Crippen LogP contribution is 2.34. The molecule has 1 aliphatic rings. The summed E-state index contributed by atoms with van der Waals surface area (Å²) in [6, 6.07) is 0.562. The molecule has 3 nitrogen and oxygen atoms in total. The van der Waals surface area contributed by atoms with Gasteiger partial charge < -0.3 is 5.32 Å². The number of sulfone groups is 1. The topological polar surface area (TPSA) is 46.2 Å². The van der Waals surface area contributed by atoms with Gasteiger partial charge in [0.2, 0.25) is 0 Å². The van der Waals surface area contributed by atoms with Crippen molar-refractivity contribution >= 4 is 9.84 Å². The molecule has 0 aromatic carbocycles. The molecule has 0 heterocycles. The van der Waals surface area contributed by atoms with Crippen molar-refractivity contribution in [2.24, 2.45) is 5.92 Å². The van der Waals surface area contributed by atoms with Crippen LogP contribution in [0.25, 0.3) is 0 Å². The molecular formula is C12H25NO2S. The average molecular weight is 247 g/mol. The molecule has 1 saturated carbocycles. The SMILES string of the molecule is CCCNC(CCCS(=O)(=O)CC)C1CC1. The molecule has 1 rings (SSSR count). The third-order valence-electron chi connectivity index (χ3n) is 3.26. The molecule has 0 aromatic rings. The van der Waals surface area contributed by atoms with Crippen LogP contribution in [-0.4, -0.2) is 32.5 Å². The van der Waals surface area contributed by atoms with E-state index < -0.39 is 9.84 Å². The summed E-state index contributed by atoms with van der Waals surface area (Å²) in [5.41, 5.74) is 0. The molecule has 1 unspecified atom stereocenters. The van der Waals surface area contributed by atoms with Crippen molar-refractivity contribution in [3.8, 4) is 0 Å². The maximum absolute atomic E-state index is 11.4. The van der Waals surface area contributed by atoms with E-state index in [0.717, 1.165) is 31.7 Å². The van der Waals surface area contributed by atoms with Gasteiger partial charge in [-0.1, -0.05) is 13.8 Å². The van der Waals surface area contributed by atoms with Crippen LogP contribution in [0.4, 0.5) is 0 Å². The number of rotatable bonds is 9. The highest BCUT2D eigenvalue weighted by Gasteiger charge is 2.30. The van der Waals surface area contributed by atoms with Gasteiger partial charge in [0.25, 0.3) is 0 Å². The van der Waals surface area contributed by atoms with Crippen LogP contribution in [0.3, 0.4) is 0 Å². The molecule has 0 saturated heterocycles. The monoisotopic (exact) mass is 247 g/mol. The van der Waals surface area contributed by atoms with Crippen molar-refractivity contribution in [3.63, 3.8) is 0 Å². The number of nitrogens with one attached hydrogen (secondary N) is 1. The van der Waals surface area contributed by atoms with Gasteiger partial charge in [-0.25, -0.2) is 8.42 Å². The molecule has 4 heteroatoms. The molecule has 0 amide bonds. The molecular weight excluding hydrogens is 222 g/mol. The molecule has 1 aliphatic carbocycles. The predicted octanol–water partition coefficient (Wildman–Crippen LogP) is 1.98. The first-order valence-electron chi connectivity index (χ1n) is 6.53. The van der Waals surface area contributed by atoms with E-state index in [1.54, 1.807) is 6.92 Å². The molecule has 0 bridgehead atoms. The Balaban J connectivity index is 2.22. The molecule has 0 spiro atoms. The first-order chi connectivity index (χ1) is 7.59. The Kier molecular flexibility index (Phi) is 5.76. The summed E-state index contributed by atoms with van der Waals surface area (Å²) in [4.78, 5) is 0. The van der Waals surface area contributed by atoms with E-state index in [1.807, 2.05) is 0 Å². The molecule has 1 N–H and O–H groups in total. The summed E-state index contributed by atoms with van der Waals surface area (Å²) in [5.74, 6) is 1.46. The second kappa shape index (κ2) is 6.60. The first kappa shape index (κ1) is 14.0. The summed E-state index contributed by atoms with van der Waals surface area (Å²) in [5, 5.41) is 3.54. The summed E-state index contributed by atoms with van der Waals surface area (Å²) in [6.45, 7) is 4.95. The highest BCUT2D eigenvalue weighted by molar-refractivity contribution is 7.91. The van der Waals surface area contributed by atoms with E-state index in [4.69, 9.17) is 0 Å². The van der Waals surface area contributed by atoms with Crippen molar-refractivity contribution in [1.82, 2.24) is 5.32 Å². The van der Waals surface area contributed by atoms with Crippen molar-refractivity contribution in [3.05, 3.63) is 0 Å². The zero-order valence-corrected chi connectivity index (χ0v) is 11.4. The van der Waals surface area contributed by atoms with Gasteiger partial charge in [0.05, 0.1) is 5.75 Å². The van der Waals surface area contributed by atoms with Crippen LogP contribution >= 0.6 is 0 Å². The zero-order valence-electron chi connectivity index (χ0n) is 10.5. The normalized spacial score (nSPS) is 18.6. The Morgan fingerprint density at radius 3 is 2.50 bits per heavy atom. The van der Waals surface area contributed by atoms with Gasteiger partial charge in [0, 0.05) is 11.8 Å². The molecule has 0 aromatic heterocycles. The quantitative estimate of drug-likeness (QED) is 0.677. The van der Waals surface area contributed by atoms with Crippen LogP contribution in [0, 0.1) is 5.92 Å². The minimum Gasteiger partial charge on any atom is -0.314 e. The summed E-state index contributed by atoms with van der Waals surface area (Å²) >= 11 is 0. The van der Waals surface area contributed by atoms with Crippen molar-refractivity contribution in [2.45, 2.75) is 52.0 Å². The van der Waals surface area contributed by atoms with Crippen molar-refractivity contribution < 1.29 is 8.42 Å². The first-order valence-corrected chi connectivity index (χ1v) is 8.35. The third-order valence-corrected chi connectivity index (χ3v) is 5.05. The van der Waals surface area contributed by atoms with E-state index in [-0.39, 0.29) is 5.75 Å². The van der Waals surface area contributed by atoms with Crippen LogP contribution in [0.1, 0.15) is 46.0 Å². The largest absolute Gasteiger partial charge is 0.314 e. The van der Waals surface area contributed by atoms with Crippen LogP contribution in [0.2, 0.25) is 0 Å². The lowest BCUT2D eigenvalue weighted by molar-refractivity contribution is 0.431. The predicted molar refractivity (Wildman–Crippen MR) is 68.4 cm³/mol. The Labute approximate surface area is 99.9 Å². The Morgan fingerprint density at radius 1 is 1.31 bits per heavy atom. The zero-order chi connectivity index (χ0) is 12.0. The molecule has 16 heavy (non-hydrogen) atoms. The molecule has 0 aliphatic heterocycles. The minimum absolute atomic E-state index is 0.281. The van der Waals surface area contributed by atoms with Gasteiger partial charge in [-0.3, -0.25) is 0 Å². The van der Waals surface area contributed by atoms with Crippen LogP contribution in [0.5, 0.6) is 0 Å². The second-order valence-electron chi connectivity index (χ2n) is 4.78. The average Bonchev–Trinajstić information content (AvgIpc) is 3.07. The lowest BCUT2D eigenvalue weighted by Gasteiger charge is -2.17. The van der Waals surface area contributed by atoms with E-state index >= 15 is 0 Å². The maximum Gasteiger partial charge on any atom is 0.150 e. The van der Waals surface area contributed by atoms with Gasteiger partial charge in [-0.15, -0.1) is 0 Å². The fourth-order valence-corrected chi connectivity index (χ4v) is 2.90. The minimum atomic E-state index is -2.77. The Bertz CT molecular complexity index is 283. The second-order valence-corrected chi connectivity index (χ2v) is 7.25. The Hall–Kier alpha value is -0.0900. The van der Waals surface area contributed by atoms with Crippen molar-refractivity contribution in [2.75, 3.05) is 18.1 Å². The molecule has 1 atom stereocenters. The molecule has 1 fully saturated rings. The number of hydrogen-bond acceptors (Lipinski definition) is 3. The lowest BCUT2D eigenvalue weighted by atomic mass is 10.1. The molecule has 96 valence electrons. The van der Waals surface area contributed by atoms with Gasteiger partial charge in [-0.2, -0.15) is 0 Å². The highest BCUT2D eigenvalue weighted by atomic mass is 32.2. The van der Waals surface area contributed by atoms with Crippen molar-refractivity contribution in [1.29, 1.82) is 0 Å². The van der Waals surface area contributed by atoms with Gasteiger partial charge in [-0.05, 0) is 44.6 Å². The van der Waals surface area contributed by atoms with E-state index in [2.05, 4.69) is 12.2 Å². The fraction of sp³-hybridized carbons (Fsp3) is 1.00. The maximum atomic E-state index is 11.4. The molecule has 0 radical (unpaired) electrons. The van der Waals surface area contributed by atoms with Gasteiger partial charge in [0.15, 0.2) is 0 Å².